The van der Waals surface area contributed by atoms with Gasteiger partial charge in [-0.05, 0) is 42.3 Å². The summed E-state index contributed by atoms with van der Waals surface area (Å²) in [4.78, 5) is 24.8. The number of fused-ring (bicyclic) bond motifs is 1. The molecule has 2 N–H and O–H groups in total. The molecule has 3 rings (SSSR count). The standard InChI is InChI=1S/C18H20BrN5O3/c1-18(2,3)15(25)27-10-24-13-12(21-16(24)19)14(23-17(20)22-13)26-9-11-7-5-4-6-8-11/h4-8H,9-10H2,1-3H3,(H2,20,22,23). The Morgan fingerprint density at radius 3 is 2.56 bits per heavy atom. The molecule has 0 amide bonds. The quantitative estimate of drug-likeness (QED) is 0.485. The van der Waals surface area contributed by atoms with Gasteiger partial charge in [-0.3, -0.25) is 9.36 Å². The highest BCUT2D eigenvalue weighted by molar-refractivity contribution is 9.10. The van der Waals surface area contributed by atoms with E-state index in [1.165, 1.54) is 0 Å². The fourth-order valence-corrected chi connectivity index (χ4v) is 2.69. The number of carbonyl (C=O) groups is 1. The zero-order valence-corrected chi connectivity index (χ0v) is 16.9. The third-order valence-electron chi connectivity index (χ3n) is 3.69. The van der Waals surface area contributed by atoms with Gasteiger partial charge in [-0.2, -0.15) is 9.97 Å². The summed E-state index contributed by atoms with van der Waals surface area (Å²) < 4.78 is 13.2. The summed E-state index contributed by atoms with van der Waals surface area (Å²) in [5.74, 6) is -0.0249. The highest BCUT2D eigenvalue weighted by Gasteiger charge is 2.24. The number of esters is 1. The molecule has 3 aromatic rings. The maximum atomic E-state index is 12.0. The number of rotatable bonds is 5. The average molecular weight is 434 g/mol. The first-order valence-corrected chi connectivity index (χ1v) is 9.08. The third-order valence-corrected chi connectivity index (χ3v) is 4.29. The number of benzene rings is 1. The second-order valence-electron chi connectivity index (χ2n) is 6.95. The van der Waals surface area contributed by atoms with Crippen LogP contribution < -0.4 is 10.5 Å². The molecule has 0 fully saturated rings. The summed E-state index contributed by atoms with van der Waals surface area (Å²) in [6.07, 6.45) is 0. The minimum atomic E-state index is -0.610. The molecule has 2 aromatic heterocycles. The monoisotopic (exact) mass is 433 g/mol. The van der Waals surface area contributed by atoms with E-state index in [0.29, 0.717) is 22.5 Å². The first kappa shape index (κ1) is 19.1. The molecule has 1 aromatic carbocycles. The fourth-order valence-electron chi connectivity index (χ4n) is 2.25. The van der Waals surface area contributed by atoms with Crippen molar-refractivity contribution in [2.45, 2.75) is 34.1 Å². The van der Waals surface area contributed by atoms with Crippen molar-refractivity contribution in [2.24, 2.45) is 5.41 Å². The Morgan fingerprint density at radius 1 is 1.19 bits per heavy atom. The predicted molar refractivity (Wildman–Crippen MR) is 104 cm³/mol. The van der Waals surface area contributed by atoms with Crippen molar-refractivity contribution < 1.29 is 14.3 Å². The van der Waals surface area contributed by atoms with Crippen molar-refractivity contribution in [3.63, 3.8) is 0 Å². The van der Waals surface area contributed by atoms with E-state index in [1.807, 2.05) is 30.3 Å². The zero-order valence-electron chi connectivity index (χ0n) is 15.3. The van der Waals surface area contributed by atoms with Gasteiger partial charge in [0, 0.05) is 0 Å². The number of ether oxygens (including phenoxy) is 2. The number of hydrogen-bond donors (Lipinski definition) is 1. The van der Waals surface area contributed by atoms with E-state index in [1.54, 1.807) is 25.3 Å². The Bertz CT molecular complexity index is 967. The van der Waals surface area contributed by atoms with E-state index in [0.717, 1.165) is 5.56 Å². The Morgan fingerprint density at radius 2 is 1.89 bits per heavy atom. The molecule has 8 nitrogen and oxygen atoms in total. The van der Waals surface area contributed by atoms with E-state index in [4.69, 9.17) is 15.2 Å². The number of imidazole rings is 1. The van der Waals surface area contributed by atoms with E-state index in [-0.39, 0.29) is 24.5 Å². The molecule has 0 saturated carbocycles. The Balaban J connectivity index is 1.88. The molecule has 0 aliphatic rings. The van der Waals surface area contributed by atoms with Crippen LogP contribution in [0.1, 0.15) is 26.3 Å². The topological polar surface area (TPSA) is 105 Å². The second kappa shape index (κ2) is 7.51. The Hall–Kier alpha value is -2.68. The first-order chi connectivity index (χ1) is 12.8. The Kier molecular flexibility index (Phi) is 5.31. The molecule has 9 heteroatoms. The van der Waals surface area contributed by atoms with Crippen LogP contribution in [0.4, 0.5) is 5.95 Å². The van der Waals surface area contributed by atoms with Gasteiger partial charge in [0.15, 0.2) is 22.6 Å². The van der Waals surface area contributed by atoms with Gasteiger partial charge in [-0.1, -0.05) is 30.3 Å². The number of aromatic nitrogens is 4. The molecule has 0 atom stereocenters. The molecular formula is C18H20BrN5O3. The average Bonchev–Trinajstić information content (AvgIpc) is 2.93. The number of hydrogen-bond acceptors (Lipinski definition) is 7. The van der Waals surface area contributed by atoms with Crippen LogP contribution in [-0.4, -0.2) is 25.5 Å². The Labute approximate surface area is 164 Å². The van der Waals surface area contributed by atoms with E-state index >= 15 is 0 Å². The lowest BCUT2D eigenvalue weighted by Crippen LogP contribution is -2.24. The van der Waals surface area contributed by atoms with Crippen LogP contribution in [-0.2, 0) is 22.9 Å². The maximum absolute atomic E-state index is 12.0. The van der Waals surface area contributed by atoms with Gasteiger partial charge in [0.25, 0.3) is 0 Å². The molecule has 2 heterocycles. The van der Waals surface area contributed by atoms with Gasteiger partial charge in [0.1, 0.15) is 6.61 Å². The lowest BCUT2D eigenvalue weighted by atomic mass is 9.98. The fraction of sp³-hybridized carbons (Fsp3) is 0.333. The van der Waals surface area contributed by atoms with E-state index in [2.05, 4.69) is 30.9 Å². The van der Waals surface area contributed by atoms with Crippen molar-refractivity contribution in [1.29, 1.82) is 0 Å². The van der Waals surface area contributed by atoms with Crippen molar-refractivity contribution in [3.8, 4) is 5.88 Å². The number of nitrogen functional groups attached to an aromatic ring is 1. The van der Waals surface area contributed by atoms with Crippen molar-refractivity contribution in [2.75, 3.05) is 5.73 Å². The molecule has 0 spiro atoms. The van der Waals surface area contributed by atoms with Crippen LogP contribution in [0.5, 0.6) is 5.88 Å². The number of nitrogens with two attached hydrogens (primary N) is 1. The summed E-state index contributed by atoms with van der Waals surface area (Å²) in [5.41, 5.74) is 7.05. The molecular weight excluding hydrogens is 414 g/mol. The summed E-state index contributed by atoms with van der Waals surface area (Å²) >= 11 is 3.36. The van der Waals surface area contributed by atoms with Crippen LogP contribution in [0.25, 0.3) is 11.2 Å². The van der Waals surface area contributed by atoms with Gasteiger partial charge in [-0.25, -0.2) is 4.98 Å². The molecule has 0 bridgehead atoms. The van der Waals surface area contributed by atoms with Crippen molar-refractivity contribution in [3.05, 3.63) is 40.6 Å². The lowest BCUT2D eigenvalue weighted by Gasteiger charge is -2.17. The minimum Gasteiger partial charge on any atom is -0.471 e. The summed E-state index contributed by atoms with van der Waals surface area (Å²) in [5, 5.41) is 0. The normalized spacial score (nSPS) is 11.6. The van der Waals surface area contributed by atoms with Crippen LogP contribution in [0.3, 0.4) is 0 Å². The van der Waals surface area contributed by atoms with Crippen molar-refractivity contribution in [1.82, 2.24) is 19.5 Å². The SMILES string of the molecule is CC(C)(C)C(=O)OCn1c(Br)nc2c(OCc3ccccc3)nc(N)nc21. The van der Waals surface area contributed by atoms with E-state index in [9.17, 15) is 4.79 Å². The third kappa shape index (κ3) is 4.36. The molecule has 0 aliphatic heterocycles. The summed E-state index contributed by atoms with van der Waals surface area (Å²) in [6.45, 7) is 5.61. The molecule has 0 unspecified atom stereocenters. The lowest BCUT2D eigenvalue weighted by molar-refractivity contribution is -0.156. The molecule has 0 radical (unpaired) electrons. The molecule has 0 saturated heterocycles. The molecule has 142 valence electrons. The number of nitrogens with zero attached hydrogens (tertiary/aromatic N) is 4. The number of halogens is 1. The highest BCUT2D eigenvalue weighted by atomic mass is 79.9. The smallest absolute Gasteiger partial charge is 0.312 e. The number of carbonyl (C=O) groups excluding carboxylic acids is 1. The maximum Gasteiger partial charge on any atom is 0.312 e. The van der Waals surface area contributed by atoms with Gasteiger partial charge in [-0.15, -0.1) is 0 Å². The van der Waals surface area contributed by atoms with Crippen LogP contribution >= 0.6 is 15.9 Å². The van der Waals surface area contributed by atoms with Gasteiger partial charge in [0.2, 0.25) is 11.8 Å². The second-order valence-corrected chi connectivity index (χ2v) is 7.66. The van der Waals surface area contributed by atoms with Crippen molar-refractivity contribution >= 4 is 39.0 Å². The van der Waals surface area contributed by atoms with Gasteiger partial charge >= 0.3 is 5.97 Å². The highest BCUT2D eigenvalue weighted by Crippen LogP contribution is 2.27. The molecule has 0 aliphatic carbocycles. The van der Waals surface area contributed by atoms with E-state index < -0.39 is 5.41 Å². The van der Waals surface area contributed by atoms with Crippen LogP contribution in [0.15, 0.2) is 35.1 Å². The number of anilines is 1. The van der Waals surface area contributed by atoms with Crippen LogP contribution in [0, 0.1) is 5.41 Å². The first-order valence-electron chi connectivity index (χ1n) is 8.29. The van der Waals surface area contributed by atoms with Gasteiger partial charge in [0.05, 0.1) is 5.41 Å². The van der Waals surface area contributed by atoms with Gasteiger partial charge < -0.3 is 15.2 Å². The molecule has 27 heavy (non-hydrogen) atoms. The minimum absolute atomic E-state index is 0.0429. The summed E-state index contributed by atoms with van der Waals surface area (Å²) in [7, 11) is 0. The largest absolute Gasteiger partial charge is 0.471 e. The predicted octanol–water partition coefficient (Wildman–Crippen LogP) is 3.30. The summed E-state index contributed by atoms with van der Waals surface area (Å²) in [6, 6.07) is 9.68. The van der Waals surface area contributed by atoms with Crippen LogP contribution in [0.2, 0.25) is 0 Å². The zero-order chi connectivity index (χ0) is 19.6.